The van der Waals surface area contributed by atoms with Crippen molar-refractivity contribution in [1.82, 2.24) is 14.9 Å². The molecule has 20 heavy (non-hydrogen) atoms. The second kappa shape index (κ2) is 7.19. The standard InChI is InChI=1S/C13H21N5S2/c1-3-10(13(14)19)17-4-6-18(7-5-17)11-8-12(20-2)16-9-15-11/h8-10H,3-7H2,1-2H3,(H2,14,19). The van der Waals surface area contributed by atoms with Gasteiger partial charge >= 0.3 is 0 Å². The average Bonchev–Trinajstić information content (AvgIpc) is 2.48. The minimum Gasteiger partial charge on any atom is -0.392 e. The van der Waals surface area contributed by atoms with Crippen molar-refractivity contribution in [3.8, 4) is 0 Å². The Bertz CT molecular complexity index is 460. The normalized spacial score (nSPS) is 18.0. The van der Waals surface area contributed by atoms with Gasteiger partial charge in [0.1, 0.15) is 17.2 Å². The number of anilines is 1. The van der Waals surface area contributed by atoms with Gasteiger partial charge in [0.05, 0.1) is 11.0 Å². The summed E-state index contributed by atoms with van der Waals surface area (Å²) in [4.78, 5) is 13.9. The SMILES string of the molecule is CCC(C(N)=S)N1CCN(c2cc(SC)ncn2)CC1. The van der Waals surface area contributed by atoms with Crippen molar-refractivity contribution >= 4 is 34.8 Å². The smallest absolute Gasteiger partial charge is 0.133 e. The van der Waals surface area contributed by atoms with E-state index in [0.717, 1.165) is 43.4 Å². The molecule has 2 heterocycles. The van der Waals surface area contributed by atoms with Crippen LogP contribution >= 0.6 is 24.0 Å². The molecule has 1 unspecified atom stereocenters. The lowest BCUT2D eigenvalue weighted by atomic mass is 10.1. The summed E-state index contributed by atoms with van der Waals surface area (Å²) in [5.41, 5.74) is 5.81. The van der Waals surface area contributed by atoms with Gasteiger partial charge in [-0.1, -0.05) is 19.1 Å². The highest BCUT2D eigenvalue weighted by molar-refractivity contribution is 7.98. The van der Waals surface area contributed by atoms with E-state index in [9.17, 15) is 0 Å². The molecule has 1 atom stereocenters. The number of hydrogen-bond donors (Lipinski definition) is 1. The highest BCUT2D eigenvalue weighted by Gasteiger charge is 2.24. The van der Waals surface area contributed by atoms with E-state index in [2.05, 4.69) is 26.7 Å². The lowest BCUT2D eigenvalue weighted by molar-refractivity contribution is 0.224. The molecule has 0 amide bonds. The van der Waals surface area contributed by atoms with E-state index >= 15 is 0 Å². The van der Waals surface area contributed by atoms with Crippen molar-refractivity contribution in [2.75, 3.05) is 37.3 Å². The van der Waals surface area contributed by atoms with Crippen LogP contribution in [0.3, 0.4) is 0 Å². The maximum Gasteiger partial charge on any atom is 0.133 e. The topological polar surface area (TPSA) is 58.3 Å². The lowest BCUT2D eigenvalue weighted by Gasteiger charge is -2.39. The molecular weight excluding hydrogens is 290 g/mol. The second-order valence-corrected chi connectivity index (χ2v) is 6.07. The molecular formula is C13H21N5S2. The number of piperazine rings is 1. The minimum atomic E-state index is 0.222. The van der Waals surface area contributed by atoms with E-state index in [1.54, 1.807) is 18.1 Å². The van der Waals surface area contributed by atoms with Gasteiger partial charge in [-0.15, -0.1) is 11.8 Å². The van der Waals surface area contributed by atoms with Crippen LogP contribution in [0.1, 0.15) is 13.3 Å². The summed E-state index contributed by atoms with van der Waals surface area (Å²) in [6.45, 7) is 5.96. The number of nitrogens with two attached hydrogens (primary N) is 1. The molecule has 0 aliphatic carbocycles. The molecule has 1 aromatic heterocycles. The molecule has 5 nitrogen and oxygen atoms in total. The molecule has 1 aliphatic rings. The first-order chi connectivity index (χ1) is 9.65. The average molecular weight is 311 g/mol. The third-order valence-electron chi connectivity index (χ3n) is 3.63. The Kier molecular flexibility index (Phi) is 5.56. The summed E-state index contributed by atoms with van der Waals surface area (Å²) in [7, 11) is 0. The van der Waals surface area contributed by atoms with Crippen molar-refractivity contribution in [1.29, 1.82) is 0 Å². The van der Waals surface area contributed by atoms with Crippen molar-refractivity contribution in [3.05, 3.63) is 12.4 Å². The fourth-order valence-corrected chi connectivity index (χ4v) is 3.21. The minimum absolute atomic E-state index is 0.222. The van der Waals surface area contributed by atoms with Crippen molar-refractivity contribution in [2.24, 2.45) is 5.73 Å². The van der Waals surface area contributed by atoms with Crippen LogP contribution in [0.2, 0.25) is 0 Å². The zero-order chi connectivity index (χ0) is 14.5. The summed E-state index contributed by atoms with van der Waals surface area (Å²) in [6, 6.07) is 2.27. The quantitative estimate of drug-likeness (QED) is 0.501. The lowest BCUT2D eigenvalue weighted by Crippen LogP contribution is -2.53. The van der Waals surface area contributed by atoms with Crippen LogP contribution in [0, 0.1) is 0 Å². The predicted molar refractivity (Wildman–Crippen MR) is 88.5 cm³/mol. The van der Waals surface area contributed by atoms with Gasteiger partial charge in [0, 0.05) is 32.2 Å². The van der Waals surface area contributed by atoms with Crippen LogP contribution in [0.5, 0.6) is 0 Å². The van der Waals surface area contributed by atoms with Gasteiger partial charge in [0.15, 0.2) is 0 Å². The van der Waals surface area contributed by atoms with Gasteiger partial charge in [-0.2, -0.15) is 0 Å². The third kappa shape index (κ3) is 3.59. The molecule has 0 saturated carbocycles. The highest BCUT2D eigenvalue weighted by Crippen LogP contribution is 2.19. The Hall–Kier alpha value is -0.920. The number of rotatable bonds is 5. The first-order valence-corrected chi connectivity index (χ1v) is 8.43. The molecule has 2 rings (SSSR count). The Balaban J connectivity index is 1.98. The summed E-state index contributed by atoms with van der Waals surface area (Å²) in [5.74, 6) is 1.01. The molecule has 0 radical (unpaired) electrons. The van der Waals surface area contributed by atoms with Crippen LogP contribution in [0.4, 0.5) is 5.82 Å². The zero-order valence-corrected chi connectivity index (χ0v) is 13.6. The number of nitrogens with zero attached hydrogens (tertiary/aromatic N) is 4. The molecule has 0 spiro atoms. The van der Waals surface area contributed by atoms with Gasteiger partial charge in [-0.05, 0) is 12.7 Å². The van der Waals surface area contributed by atoms with Crippen molar-refractivity contribution in [2.45, 2.75) is 24.4 Å². The zero-order valence-electron chi connectivity index (χ0n) is 12.0. The summed E-state index contributed by atoms with van der Waals surface area (Å²) in [6.07, 6.45) is 4.63. The summed E-state index contributed by atoms with van der Waals surface area (Å²) < 4.78 is 0. The molecule has 0 aromatic carbocycles. The number of thioether (sulfide) groups is 1. The Morgan fingerprint density at radius 1 is 1.40 bits per heavy atom. The van der Waals surface area contributed by atoms with Gasteiger partial charge in [-0.3, -0.25) is 4.90 Å². The van der Waals surface area contributed by atoms with Gasteiger partial charge in [0.25, 0.3) is 0 Å². The van der Waals surface area contributed by atoms with E-state index in [1.165, 1.54) is 0 Å². The Morgan fingerprint density at radius 2 is 2.10 bits per heavy atom. The van der Waals surface area contributed by atoms with Gasteiger partial charge in [0.2, 0.25) is 0 Å². The number of thiocarbonyl (C=S) groups is 1. The molecule has 2 N–H and O–H groups in total. The van der Waals surface area contributed by atoms with Crippen molar-refractivity contribution < 1.29 is 0 Å². The summed E-state index contributed by atoms with van der Waals surface area (Å²) >= 11 is 6.79. The van der Waals surface area contributed by atoms with Crippen LogP contribution in [-0.2, 0) is 0 Å². The third-order valence-corrected chi connectivity index (χ3v) is 4.54. The molecule has 1 aromatic rings. The fraction of sp³-hybridized carbons (Fsp3) is 0.615. The Labute approximate surface area is 129 Å². The largest absolute Gasteiger partial charge is 0.392 e. The maximum atomic E-state index is 5.81. The van der Waals surface area contributed by atoms with E-state index in [-0.39, 0.29) is 6.04 Å². The molecule has 1 saturated heterocycles. The van der Waals surface area contributed by atoms with Crippen LogP contribution < -0.4 is 10.6 Å². The number of hydrogen-bond acceptors (Lipinski definition) is 6. The van der Waals surface area contributed by atoms with Crippen LogP contribution in [0.15, 0.2) is 17.4 Å². The van der Waals surface area contributed by atoms with Crippen molar-refractivity contribution in [3.63, 3.8) is 0 Å². The molecule has 1 aliphatic heterocycles. The van der Waals surface area contributed by atoms with E-state index in [1.807, 2.05) is 12.3 Å². The summed E-state index contributed by atoms with van der Waals surface area (Å²) in [5, 5.41) is 1.01. The van der Waals surface area contributed by atoms with E-state index < -0.39 is 0 Å². The molecule has 110 valence electrons. The molecule has 1 fully saturated rings. The van der Waals surface area contributed by atoms with Crippen LogP contribution in [0.25, 0.3) is 0 Å². The number of aromatic nitrogens is 2. The molecule has 7 heteroatoms. The first kappa shape index (κ1) is 15.5. The Morgan fingerprint density at radius 3 is 2.65 bits per heavy atom. The first-order valence-electron chi connectivity index (χ1n) is 6.80. The van der Waals surface area contributed by atoms with E-state index in [4.69, 9.17) is 18.0 Å². The van der Waals surface area contributed by atoms with E-state index in [0.29, 0.717) is 4.99 Å². The monoisotopic (exact) mass is 311 g/mol. The maximum absolute atomic E-state index is 5.81. The fourth-order valence-electron chi connectivity index (χ4n) is 2.52. The predicted octanol–water partition coefficient (Wildman–Crippen LogP) is 1.39. The van der Waals surface area contributed by atoms with Gasteiger partial charge in [-0.25, -0.2) is 9.97 Å². The second-order valence-electron chi connectivity index (χ2n) is 4.77. The molecule has 0 bridgehead atoms. The van der Waals surface area contributed by atoms with Crippen LogP contribution in [-0.4, -0.2) is 58.3 Å². The van der Waals surface area contributed by atoms with Gasteiger partial charge < -0.3 is 10.6 Å². The highest BCUT2D eigenvalue weighted by atomic mass is 32.2.